The van der Waals surface area contributed by atoms with E-state index in [-0.39, 0.29) is 11.6 Å². The number of benzene rings is 1. The average molecular weight is 317 g/mol. The maximum absolute atomic E-state index is 11.9. The van der Waals surface area contributed by atoms with E-state index in [1.807, 2.05) is 26.0 Å². The molecule has 114 valence electrons. The average Bonchev–Trinajstić information content (AvgIpc) is 2.48. The van der Waals surface area contributed by atoms with E-state index in [2.05, 4.69) is 27.2 Å². The standard InChI is InChI=1S/C16H17ClN4O/c1-4-6-18-15(22)13-5-7-19-16(20-13)21-14-11(3)8-10(2)9-12(14)17/h4-5,7-9H,1,6H2,2-3H3,(H,18,22)(H,19,20,21). The first-order chi connectivity index (χ1) is 10.5. The highest BCUT2D eigenvalue weighted by molar-refractivity contribution is 6.33. The van der Waals surface area contributed by atoms with Gasteiger partial charge in [-0.25, -0.2) is 9.97 Å². The fraction of sp³-hybridized carbons (Fsp3) is 0.188. The molecule has 2 aromatic rings. The summed E-state index contributed by atoms with van der Waals surface area (Å²) >= 11 is 6.25. The summed E-state index contributed by atoms with van der Waals surface area (Å²) < 4.78 is 0. The Kier molecular flexibility index (Phi) is 5.12. The second-order valence-corrected chi connectivity index (χ2v) is 5.24. The van der Waals surface area contributed by atoms with Crippen molar-refractivity contribution in [1.82, 2.24) is 15.3 Å². The van der Waals surface area contributed by atoms with Crippen LogP contribution in [0.15, 0.2) is 37.1 Å². The van der Waals surface area contributed by atoms with Gasteiger partial charge in [0.2, 0.25) is 5.95 Å². The monoisotopic (exact) mass is 316 g/mol. The molecule has 0 spiro atoms. The van der Waals surface area contributed by atoms with Crippen molar-refractivity contribution >= 4 is 29.1 Å². The number of nitrogens with zero attached hydrogens (tertiary/aromatic N) is 2. The third-order valence-electron chi connectivity index (χ3n) is 2.96. The molecule has 0 fully saturated rings. The van der Waals surface area contributed by atoms with Crippen LogP contribution in [-0.4, -0.2) is 22.4 Å². The lowest BCUT2D eigenvalue weighted by atomic mass is 10.1. The van der Waals surface area contributed by atoms with E-state index in [9.17, 15) is 4.79 Å². The summed E-state index contributed by atoms with van der Waals surface area (Å²) in [6.07, 6.45) is 3.13. The fourth-order valence-electron chi connectivity index (χ4n) is 1.99. The zero-order chi connectivity index (χ0) is 16.1. The van der Waals surface area contributed by atoms with Gasteiger partial charge in [0, 0.05) is 12.7 Å². The lowest BCUT2D eigenvalue weighted by molar-refractivity contribution is 0.0953. The Morgan fingerprint density at radius 1 is 1.41 bits per heavy atom. The van der Waals surface area contributed by atoms with E-state index >= 15 is 0 Å². The summed E-state index contributed by atoms with van der Waals surface area (Å²) in [6.45, 7) is 7.86. The minimum absolute atomic E-state index is 0.278. The molecule has 1 amide bonds. The molecular formula is C16H17ClN4O. The molecular weight excluding hydrogens is 300 g/mol. The second kappa shape index (κ2) is 7.04. The molecule has 1 heterocycles. The molecule has 2 rings (SSSR count). The molecule has 0 unspecified atom stereocenters. The van der Waals surface area contributed by atoms with Crippen LogP contribution in [0.5, 0.6) is 0 Å². The molecule has 2 N–H and O–H groups in total. The van der Waals surface area contributed by atoms with Crippen LogP contribution in [0.25, 0.3) is 0 Å². The number of halogens is 1. The van der Waals surface area contributed by atoms with Gasteiger partial charge in [-0.3, -0.25) is 4.79 Å². The molecule has 0 radical (unpaired) electrons. The molecule has 0 saturated carbocycles. The number of amides is 1. The topological polar surface area (TPSA) is 66.9 Å². The SMILES string of the molecule is C=CCNC(=O)c1ccnc(Nc2c(C)cc(C)cc2Cl)n1. The predicted octanol–water partition coefficient (Wildman–Crippen LogP) is 3.41. The van der Waals surface area contributed by atoms with E-state index < -0.39 is 0 Å². The number of carbonyl (C=O) groups excluding carboxylic acids is 1. The molecule has 0 aliphatic heterocycles. The van der Waals surface area contributed by atoms with Gasteiger partial charge in [-0.1, -0.05) is 23.7 Å². The number of nitrogens with one attached hydrogen (secondary N) is 2. The van der Waals surface area contributed by atoms with Gasteiger partial charge < -0.3 is 10.6 Å². The third kappa shape index (κ3) is 3.83. The summed E-state index contributed by atoms with van der Waals surface area (Å²) in [5, 5.41) is 6.32. The van der Waals surface area contributed by atoms with E-state index in [1.54, 1.807) is 12.1 Å². The van der Waals surface area contributed by atoms with Gasteiger partial charge in [0.05, 0.1) is 10.7 Å². The molecule has 1 aromatic heterocycles. The van der Waals surface area contributed by atoms with E-state index in [0.29, 0.717) is 17.5 Å². The van der Waals surface area contributed by atoms with Crippen LogP contribution >= 0.6 is 11.6 Å². The van der Waals surface area contributed by atoms with Crippen molar-refractivity contribution in [2.75, 3.05) is 11.9 Å². The Hall–Kier alpha value is -2.40. The van der Waals surface area contributed by atoms with Gasteiger partial charge in [0.1, 0.15) is 5.69 Å². The quantitative estimate of drug-likeness (QED) is 0.830. The fourth-order valence-corrected chi connectivity index (χ4v) is 2.36. The summed E-state index contributed by atoms with van der Waals surface area (Å²) in [4.78, 5) is 20.2. The molecule has 0 bridgehead atoms. The van der Waals surface area contributed by atoms with Crippen molar-refractivity contribution in [3.63, 3.8) is 0 Å². The molecule has 1 aromatic carbocycles. The molecule has 0 saturated heterocycles. The normalized spacial score (nSPS) is 10.1. The van der Waals surface area contributed by atoms with Crippen LogP contribution < -0.4 is 10.6 Å². The molecule has 5 nitrogen and oxygen atoms in total. The second-order valence-electron chi connectivity index (χ2n) is 4.83. The highest BCUT2D eigenvalue weighted by Gasteiger charge is 2.10. The first kappa shape index (κ1) is 16.0. The predicted molar refractivity (Wildman–Crippen MR) is 88.8 cm³/mol. The highest BCUT2D eigenvalue weighted by atomic mass is 35.5. The minimum Gasteiger partial charge on any atom is -0.347 e. The Morgan fingerprint density at radius 2 is 2.18 bits per heavy atom. The van der Waals surface area contributed by atoms with Crippen LogP contribution in [-0.2, 0) is 0 Å². The van der Waals surface area contributed by atoms with Crippen LogP contribution in [0.2, 0.25) is 5.02 Å². The Morgan fingerprint density at radius 3 is 2.86 bits per heavy atom. The van der Waals surface area contributed by atoms with Crippen molar-refractivity contribution in [3.05, 3.63) is 58.9 Å². The molecule has 0 atom stereocenters. The largest absolute Gasteiger partial charge is 0.347 e. The molecule has 0 aliphatic rings. The van der Waals surface area contributed by atoms with Gasteiger partial charge in [0.15, 0.2) is 0 Å². The molecule has 0 aliphatic carbocycles. The number of hydrogen-bond acceptors (Lipinski definition) is 4. The number of anilines is 2. The van der Waals surface area contributed by atoms with Crippen LogP contribution in [0, 0.1) is 13.8 Å². The lowest BCUT2D eigenvalue weighted by Gasteiger charge is -2.11. The van der Waals surface area contributed by atoms with Crippen molar-refractivity contribution in [1.29, 1.82) is 0 Å². The van der Waals surface area contributed by atoms with Crippen molar-refractivity contribution < 1.29 is 4.79 Å². The van der Waals surface area contributed by atoms with Crippen molar-refractivity contribution in [2.24, 2.45) is 0 Å². The van der Waals surface area contributed by atoms with E-state index in [4.69, 9.17) is 11.6 Å². The van der Waals surface area contributed by atoms with Gasteiger partial charge in [0.25, 0.3) is 5.91 Å². The van der Waals surface area contributed by atoms with Crippen LogP contribution in [0.1, 0.15) is 21.6 Å². The van der Waals surface area contributed by atoms with Crippen LogP contribution in [0.4, 0.5) is 11.6 Å². The van der Waals surface area contributed by atoms with Gasteiger partial charge in [-0.05, 0) is 37.1 Å². The van der Waals surface area contributed by atoms with E-state index in [0.717, 1.165) is 16.8 Å². The van der Waals surface area contributed by atoms with Crippen molar-refractivity contribution in [3.8, 4) is 0 Å². The number of aryl methyl sites for hydroxylation is 2. The maximum Gasteiger partial charge on any atom is 0.270 e. The lowest BCUT2D eigenvalue weighted by Crippen LogP contribution is -2.24. The zero-order valence-corrected chi connectivity index (χ0v) is 13.2. The number of carbonyl (C=O) groups is 1. The number of aromatic nitrogens is 2. The van der Waals surface area contributed by atoms with Crippen molar-refractivity contribution in [2.45, 2.75) is 13.8 Å². The summed E-state index contributed by atoms with van der Waals surface area (Å²) in [7, 11) is 0. The summed E-state index contributed by atoms with van der Waals surface area (Å²) in [5.41, 5.74) is 3.07. The highest BCUT2D eigenvalue weighted by Crippen LogP contribution is 2.29. The van der Waals surface area contributed by atoms with Gasteiger partial charge >= 0.3 is 0 Å². The number of hydrogen-bond donors (Lipinski definition) is 2. The Balaban J connectivity index is 2.24. The minimum atomic E-state index is -0.280. The molecule has 6 heteroatoms. The van der Waals surface area contributed by atoms with Crippen LogP contribution in [0.3, 0.4) is 0 Å². The zero-order valence-electron chi connectivity index (χ0n) is 12.5. The maximum atomic E-state index is 11.9. The first-order valence-electron chi connectivity index (χ1n) is 6.77. The van der Waals surface area contributed by atoms with Gasteiger partial charge in [-0.2, -0.15) is 0 Å². The smallest absolute Gasteiger partial charge is 0.270 e. The first-order valence-corrected chi connectivity index (χ1v) is 7.15. The molecule has 22 heavy (non-hydrogen) atoms. The van der Waals surface area contributed by atoms with E-state index in [1.165, 1.54) is 6.20 Å². The number of rotatable bonds is 5. The third-order valence-corrected chi connectivity index (χ3v) is 3.26. The summed E-state index contributed by atoms with van der Waals surface area (Å²) in [6, 6.07) is 5.42. The summed E-state index contributed by atoms with van der Waals surface area (Å²) in [5.74, 6) is 0.0391. The van der Waals surface area contributed by atoms with Gasteiger partial charge in [-0.15, -0.1) is 6.58 Å². The Labute approximate surface area is 134 Å². The Bertz CT molecular complexity index is 692.